The second-order valence-corrected chi connectivity index (χ2v) is 9.19. The van der Waals surface area contributed by atoms with E-state index in [1.807, 2.05) is 90.5 Å². The van der Waals surface area contributed by atoms with Gasteiger partial charge in [0, 0.05) is 5.56 Å². The molecule has 9 nitrogen and oxygen atoms in total. The van der Waals surface area contributed by atoms with Gasteiger partial charge in [0.25, 0.3) is 0 Å². The van der Waals surface area contributed by atoms with Gasteiger partial charge < -0.3 is 14.2 Å². The zero-order valence-corrected chi connectivity index (χ0v) is 21.4. The fraction of sp³-hybridized carbons (Fsp3) is 0.133. The summed E-state index contributed by atoms with van der Waals surface area (Å²) in [6.45, 7) is 2.21. The molecule has 6 aromatic rings. The van der Waals surface area contributed by atoms with Crippen LogP contribution in [-0.2, 0) is 6.61 Å². The average molecular weight is 517 g/mol. The van der Waals surface area contributed by atoms with Crippen LogP contribution >= 0.6 is 0 Å². The van der Waals surface area contributed by atoms with Crippen LogP contribution in [0.2, 0.25) is 0 Å². The minimum absolute atomic E-state index is 0.219. The third-order valence-electron chi connectivity index (χ3n) is 6.83. The van der Waals surface area contributed by atoms with E-state index in [1.54, 1.807) is 18.0 Å². The van der Waals surface area contributed by atoms with Gasteiger partial charge in [-0.25, -0.2) is 19.2 Å². The molecule has 0 spiro atoms. The Morgan fingerprint density at radius 2 is 1.62 bits per heavy atom. The summed E-state index contributed by atoms with van der Waals surface area (Å²) in [4.78, 5) is 9.55. The molecule has 3 aromatic heterocycles. The van der Waals surface area contributed by atoms with Crippen LogP contribution < -0.4 is 14.2 Å². The molecule has 39 heavy (non-hydrogen) atoms. The first-order valence-electron chi connectivity index (χ1n) is 12.6. The summed E-state index contributed by atoms with van der Waals surface area (Å²) < 4.78 is 21.7. The molecule has 1 unspecified atom stereocenters. The molecule has 0 aliphatic carbocycles. The molecular weight excluding hydrogens is 492 g/mol. The van der Waals surface area contributed by atoms with E-state index >= 15 is 0 Å². The number of methoxy groups -OCH3 is 1. The van der Waals surface area contributed by atoms with Gasteiger partial charge in [0.15, 0.2) is 11.5 Å². The van der Waals surface area contributed by atoms with Gasteiger partial charge in [0.05, 0.1) is 35.5 Å². The Bertz CT molecular complexity index is 1800. The van der Waals surface area contributed by atoms with Crippen molar-refractivity contribution in [3.05, 3.63) is 119 Å². The first kappa shape index (κ1) is 23.0. The summed E-state index contributed by atoms with van der Waals surface area (Å²) in [5.41, 5.74) is 5.05. The number of hydrogen-bond acceptors (Lipinski definition) is 7. The Kier molecular flexibility index (Phi) is 5.47. The highest BCUT2D eigenvalue weighted by atomic mass is 16.5. The summed E-state index contributed by atoms with van der Waals surface area (Å²) >= 11 is 0. The van der Waals surface area contributed by atoms with Crippen molar-refractivity contribution < 1.29 is 14.2 Å². The molecule has 1 aliphatic heterocycles. The van der Waals surface area contributed by atoms with E-state index in [9.17, 15) is 0 Å². The van der Waals surface area contributed by atoms with E-state index in [2.05, 4.69) is 16.1 Å². The molecule has 0 amide bonds. The van der Waals surface area contributed by atoms with E-state index in [4.69, 9.17) is 24.3 Å². The molecule has 9 heteroatoms. The zero-order chi connectivity index (χ0) is 26.3. The van der Waals surface area contributed by atoms with Gasteiger partial charge in [0.1, 0.15) is 24.4 Å². The third-order valence-corrected chi connectivity index (χ3v) is 6.83. The summed E-state index contributed by atoms with van der Waals surface area (Å²) in [5, 5.41) is 9.53. The van der Waals surface area contributed by atoms with Crippen molar-refractivity contribution in [1.29, 1.82) is 0 Å². The largest absolute Gasteiger partial charge is 0.496 e. The maximum Gasteiger partial charge on any atom is 0.230 e. The van der Waals surface area contributed by atoms with Gasteiger partial charge >= 0.3 is 0 Å². The minimum atomic E-state index is -0.305. The van der Waals surface area contributed by atoms with Crippen molar-refractivity contribution >= 4 is 5.65 Å². The Balaban J connectivity index is 1.41. The summed E-state index contributed by atoms with van der Waals surface area (Å²) in [6, 6.07) is 27.5. The van der Waals surface area contributed by atoms with E-state index in [0.717, 1.165) is 39.6 Å². The number of aryl methyl sites for hydroxylation is 1. The summed E-state index contributed by atoms with van der Waals surface area (Å²) in [7, 11) is 1.68. The van der Waals surface area contributed by atoms with E-state index in [1.165, 1.54) is 0 Å². The van der Waals surface area contributed by atoms with Crippen LogP contribution in [0.15, 0.2) is 91.3 Å². The van der Waals surface area contributed by atoms with Crippen LogP contribution in [-0.4, -0.2) is 36.5 Å². The number of nitrogens with zero attached hydrogens (tertiary/aromatic N) is 6. The monoisotopic (exact) mass is 516 g/mol. The first-order chi connectivity index (χ1) is 19.2. The Morgan fingerprint density at radius 3 is 2.41 bits per heavy atom. The van der Waals surface area contributed by atoms with E-state index < -0.39 is 0 Å². The highest BCUT2D eigenvalue weighted by molar-refractivity contribution is 5.67. The Hall–Kier alpha value is -5.18. The SMILES string of the molecule is COc1ccccc1C1c2c(C)nn(-c3ccccc3)c2Oc2ncn3nc(COc4ccccc4)nc3c21. The van der Waals surface area contributed by atoms with Gasteiger partial charge in [-0.15, -0.1) is 5.10 Å². The molecule has 0 bridgehead atoms. The topological polar surface area (TPSA) is 88.6 Å². The summed E-state index contributed by atoms with van der Waals surface area (Å²) in [5.74, 6) is 2.80. The Morgan fingerprint density at radius 1 is 0.872 bits per heavy atom. The van der Waals surface area contributed by atoms with Gasteiger partial charge in [0.2, 0.25) is 11.8 Å². The van der Waals surface area contributed by atoms with Crippen LogP contribution in [0.5, 0.6) is 23.3 Å². The lowest BCUT2D eigenvalue weighted by Crippen LogP contribution is -2.16. The molecule has 3 aromatic carbocycles. The van der Waals surface area contributed by atoms with Crippen LogP contribution in [0.4, 0.5) is 0 Å². The smallest absolute Gasteiger partial charge is 0.230 e. The molecule has 0 N–H and O–H groups in total. The van der Waals surface area contributed by atoms with Crippen LogP contribution in [0, 0.1) is 6.92 Å². The molecule has 1 aliphatic rings. The fourth-order valence-electron chi connectivity index (χ4n) is 5.11. The first-order valence-corrected chi connectivity index (χ1v) is 12.6. The van der Waals surface area contributed by atoms with Gasteiger partial charge in [-0.3, -0.25) is 0 Å². The number of para-hydroxylation sites is 3. The van der Waals surface area contributed by atoms with Gasteiger partial charge in [-0.2, -0.15) is 5.10 Å². The number of benzene rings is 3. The van der Waals surface area contributed by atoms with Crippen molar-refractivity contribution in [1.82, 2.24) is 29.4 Å². The molecule has 7 rings (SSSR count). The Labute approximate surface area is 224 Å². The molecule has 0 saturated carbocycles. The number of aromatic nitrogens is 6. The number of rotatable bonds is 6. The number of hydrogen-bond donors (Lipinski definition) is 0. The van der Waals surface area contributed by atoms with Crippen molar-refractivity contribution in [3.63, 3.8) is 0 Å². The quantitative estimate of drug-likeness (QED) is 0.289. The van der Waals surface area contributed by atoms with Crippen LogP contribution in [0.25, 0.3) is 11.3 Å². The molecule has 4 heterocycles. The second-order valence-electron chi connectivity index (χ2n) is 9.19. The van der Waals surface area contributed by atoms with Gasteiger partial charge in [-0.05, 0) is 37.3 Å². The maximum absolute atomic E-state index is 6.49. The van der Waals surface area contributed by atoms with Crippen molar-refractivity contribution in [3.8, 4) is 28.9 Å². The van der Waals surface area contributed by atoms with Crippen molar-refractivity contribution in [2.45, 2.75) is 19.4 Å². The fourth-order valence-corrected chi connectivity index (χ4v) is 5.11. The predicted octanol–water partition coefficient (Wildman–Crippen LogP) is 5.49. The molecule has 1 atom stereocenters. The summed E-state index contributed by atoms with van der Waals surface area (Å²) in [6.07, 6.45) is 1.62. The molecule has 192 valence electrons. The highest BCUT2D eigenvalue weighted by Gasteiger charge is 2.39. The number of ether oxygens (including phenoxy) is 3. The van der Waals surface area contributed by atoms with E-state index in [0.29, 0.717) is 23.2 Å². The lowest BCUT2D eigenvalue weighted by molar-refractivity contribution is 0.296. The standard InChI is InChI=1S/C30H24N6O3/c1-19-25-26(22-15-9-10-16-23(22)37-2)27-28-32-24(17-38-21-13-7-4-8-14-21)34-35(28)18-31-29(27)39-30(25)36(33-19)20-11-5-3-6-12-20/h3-16,18,26H,17H2,1-2H3. The normalized spacial score (nSPS) is 13.9. The predicted molar refractivity (Wildman–Crippen MR) is 144 cm³/mol. The molecule has 0 fully saturated rings. The van der Waals surface area contributed by atoms with Crippen LogP contribution in [0.3, 0.4) is 0 Å². The number of fused-ring (bicyclic) bond motifs is 4. The lowest BCUT2D eigenvalue weighted by Gasteiger charge is -2.27. The molecular formula is C30H24N6O3. The molecule has 0 saturated heterocycles. The van der Waals surface area contributed by atoms with E-state index in [-0.39, 0.29) is 12.5 Å². The average Bonchev–Trinajstić information content (AvgIpc) is 3.56. The highest BCUT2D eigenvalue weighted by Crippen LogP contribution is 2.51. The zero-order valence-electron chi connectivity index (χ0n) is 21.4. The second kappa shape index (κ2) is 9.29. The van der Waals surface area contributed by atoms with Crippen LogP contribution in [0.1, 0.15) is 34.1 Å². The maximum atomic E-state index is 6.49. The lowest BCUT2D eigenvalue weighted by atomic mass is 9.84. The minimum Gasteiger partial charge on any atom is -0.496 e. The van der Waals surface area contributed by atoms with Gasteiger partial charge in [-0.1, -0.05) is 54.6 Å². The van der Waals surface area contributed by atoms with Crippen molar-refractivity contribution in [2.24, 2.45) is 0 Å². The van der Waals surface area contributed by atoms with Crippen molar-refractivity contribution in [2.75, 3.05) is 7.11 Å². The molecule has 0 radical (unpaired) electrons. The third kappa shape index (κ3) is 3.86.